The standard InChI is InChI=1S/C13H10FNS/c1-2-3-4-10-5-6-11(7-12(10)14)13-8-15-9-16-13/h5-9H,2H2,1H3. The van der Waals surface area contributed by atoms with E-state index < -0.39 is 0 Å². The van der Waals surface area contributed by atoms with Crippen LogP contribution >= 0.6 is 11.3 Å². The first-order valence-corrected chi connectivity index (χ1v) is 5.86. The molecule has 0 radical (unpaired) electrons. The summed E-state index contributed by atoms with van der Waals surface area (Å²) in [5, 5.41) is 0. The third-order valence-corrected chi connectivity index (χ3v) is 2.91. The molecule has 0 spiro atoms. The van der Waals surface area contributed by atoms with Crippen LogP contribution in [-0.4, -0.2) is 4.98 Å². The number of thiazole rings is 1. The molecule has 1 aromatic carbocycles. The lowest BCUT2D eigenvalue weighted by atomic mass is 10.1. The molecule has 0 aliphatic heterocycles. The van der Waals surface area contributed by atoms with E-state index in [1.54, 1.807) is 17.8 Å². The van der Waals surface area contributed by atoms with Crippen molar-refractivity contribution < 1.29 is 4.39 Å². The summed E-state index contributed by atoms with van der Waals surface area (Å²) in [4.78, 5) is 4.93. The van der Waals surface area contributed by atoms with Crippen LogP contribution < -0.4 is 0 Å². The zero-order chi connectivity index (χ0) is 11.4. The molecular formula is C13H10FNS. The Balaban J connectivity index is 2.37. The van der Waals surface area contributed by atoms with E-state index in [-0.39, 0.29) is 5.82 Å². The van der Waals surface area contributed by atoms with Gasteiger partial charge < -0.3 is 0 Å². The van der Waals surface area contributed by atoms with Crippen LogP contribution in [0.2, 0.25) is 0 Å². The number of halogens is 1. The quantitative estimate of drug-likeness (QED) is 0.682. The molecule has 0 aliphatic carbocycles. The van der Waals surface area contributed by atoms with Gasteiger partial charge >= 0.3 is 0 Å². The lowest BCUT2D eigenvalue weighted by molar-refractivity contribution is 0.625. The molecule has 0 amide bonds. The first-order valence-electron chi connectivity index (χ1n) is 4.98. The molecule has 80 valence electrons. The lowest BCUT2D eigenvalue weighted by Crippen LogP contribution is -1.84. The van der Waals surface area contributed by atoms with E-state index in [0.717, 1.165) is 16.9 Å². The van der Waals surface area contributed by atoms with Gasteiger partial charge in [0.1, 0.15) is 5.82 Å². The largest absolute Gasteiger partial charge is 0.252 e. The normalized spacial score (nSPS) is 9.62. The summed E-state index contributed by atoms with van der Waals surface area (Å²) < 4.78 is 13.6. The van der Waals surface area contributed by atoms with Crippen LogP contribution in [0.25, 0.3) is 10.4 Å². The van der Waals surface area contributed by atoms with E-state index >= 15 is 0 Å². The fraction of sp³-hybridized carbons (Fsp3) is 0.154. The Morgan fingerprint density at radius 1 is 1.44 bits per heavy atom. The van der Waals surface area contributed by atoms with Crippen molar-refractivity contribution in [2.24, 2.45) is 0 Å². The van der Waals surface area contributed by atoms with E-state index in [2.05, 4.69) is 16.8 Å². The Morgan fingerprint density at radius 2 is 2.31 bits per heavy atom. The molecule has 0 atom stereocenters. The Labute approximate surface area is 98.0 Å². The summed E-state index contributed by atoms with van der Waals surface area (Å²) in [5.41, 5.74) is 3.04. The smallest absolute Gasteiger partial charge is 0.139 e. The molecule has 1 aromatic heterocycles. The van der Waals surface area contributed by atoms with Crippen molar-refractivity contribution in [3.05, 3.63) is 41.3 Å². The van der Waals surface area contributed by atoms with Crippen molar-refractivity contribution in [1.82, 2.24) is 4.98 Å². The first kappa shape index (κ1) is 10.8. The van der Waals surface area contributed by atoms with Crippen molar-refractivity contribution in [3.8, 4) is 22.3 Å². The second kappa shape index (κ2) is 4.91. The van der Waals surface area contributed by atoms with Gasteiger partial charge in [0.2, 0.25) is 0 Å². The zero-order valence-corrected chi connectivity index (χ0v) is 9.64. The van der Waals surface area contributed by atoms with Crippen LogP contribution in [0.5, 0.6) is 0 Å². The highest BCUT2D eigenvalue weighted by Gasteiger charge is 2.04. The van der Waals surface area contributed by atoms with Crippen molar-refractivity contribution in [3.63, 3.8) is 0 Å². The molecule has 3 heteroatoms. The third-order valence-electron chi connectivity index (χ3n) is 2.09. The minimum atomic E-state index is -0.271. The second-order valence-electron chi connectivity index (χ2n) is 3.22. The molecule has 16 heavy (non-hydrogen) atoms. The highest BCUT2D eigenvalue weighted by Crippen LogP contribution is 2.24. The summed E-state index contributed by atoms with van der Waals surface area (Å²) in [5.74, 6) is 5.39. The summed E-state index contributed by atoms with van der Waals surface area (Å²) in [7, 11) is 0. The van der Waals surface area contributed by atoms with Gasteiger partial charge in [-0.05, 0) is 17.7 Å². The van der Waals surface area contributed by atoms with Gasteiger partial charge in [-0.3, -0.25) is 4.98 Å². The molecule has 0 saturated heterocycles. The molecular weight excluding hydrogens is 221 g/mol. The molecule has 2 rings (SSSR count). The summed E-state index contributed by atoms with van der Waals surface area (Å²) in [6.45, 7) is 1.94. The van der Waals surface area contributed by atoms with E-state index in [1.165, 1.54) is 17.4 Å². The molecule has 0 N–H and O–H groups in total. The molecule has 1 heterocycles. The molecule has 0 fully saturated rings. The van der Waals surface area contributed by atoms with Crippen molar-refractivity contribution in [2.75, 3.05) is 0 Å². The summed E-state index contributed by atoms with van der Waals surface area (Å²) in [6, 6.07) is 5.09. The predicted molar refractivity (Wildman–Crippen MR) is 64.7 cm³/mol. The maximum atomic E-state index is 13.6. The fourth-order valence-corrected chi connectivity index (χ4v) is 1.93. The zero-order valence-electron chi connectivity index (χ0n) is 8.83. The average molecular weight is 231 g/mol. The predicted octanol–water partition coefficient (Wildman–Crippen LogP) is 3.71. The molecule has 0 unspecified atom stereocenters. The topological polar surface area (TPSA) is 12.9 Å². The van der Waals surface area contributed by atoms with Gasteiger partial charge in [0.25, 0.3) is 0 Å². The van der Waals surface area contributed by atoms with Crippen LogP contribution in [0, 0.1) is 17.7 Å². The van der Waals surface area contributed by atoms with Gasteiger partial charge in [0, 0.05) is 12.6 Å². The Hall–Kier alpha value is -1.66. The molecule has 1 nitrogen and oxygen atoms in total. The minimum Gasteiger partial charge on any atom is -0.252 e. The Bertz CT molecular complexity index is 535. The van der Waals surface area contributed by atoms with Crippen molar-refractivity contribution in [1.29, 1.82) is 0 Å². The van der Waals surface area contributed by atoms with E-state index in [1.807, 2.05) is 13.0 Å². The van der Waals surface area contributed by atoms with E-state index in [0.29, 0.717) is 5.56 Å². The maximum Gasteiger partial charge on any atom is 0.139 e. The monoisotopic (exact) mass is 231 g/mol. The van der Waals surface area contributed by atoms with Crippen LogP contribution in [0.4, 0.5) is 4.39 Å². The molecule has 0 saturated carbocycles. The van der Waals surface area contributed by atoms with Gasteiger partial charge in [-0.25, -0.2) is 4.39 Å². The van der Waals surface area contributed by atoms with Crippen LogP contribution in [0.1, 0.15) is 18.9 Å². The number of nitrogens with zero attached hydrogens (tertiary/aromatic N) is 1. The average Bonchev–Trinajstić information content (AvgIpc) is 2.81. The summed E-state index contributed by atoms with van der Waals surface area (Å²) >= 11 is 1.49. The minimum absolute atomic E-state index is 0.271. The Morgan fingerprint density at radius 3 is 2.94 bits per heavy atom. The van der Waals surface area contributed by atoms with Crippen molar-refractivity contribution in [2.45, 2.75) is 13.3 Å². The van der Waals surface area contributed by atoms with Gasteiger partial charge in [-0.1, -0.05) is 24.8 Å². The van der Waals surface area contributed by atoms with Gasteiger partial charge in [0.05, 0.1) is 16.0 Å². The highest BCUT2D eigenvalue weighted by atomic mass is 32.1. The molecule has 0 bridgehead atoms. The first-order chi connectivity index (χ1) is 7.81. The maximum absolute atomic E-state index is 13.6. The fourth-order valence-electron chi connectivity index (χ4n) is 1.31. The second-order valence-corrected chi connectivity index (χ2v) is 4.10. The third kappa shape index (κ3) is 2.29. The van der Waals surface area contributed by atoms with Gasteiger partial charge in [-0.15, -0.1) is 11.3 Å². The van der Waals surface area contributed by atoms with Crippen LogP contribution in [0.15, 0.2) is 29.9 Å². The highest BCUT2D eigenvalue weighted by molar-refractivity contribution is 7.13. The van der Waals surface area contributed by atoms with Crippen molar-refractivity contribution >= 4 is 11.3 Å². The SMILES string of the molecule is CCC#Cc1ccc(-c2cncs2)cc1F. The summed E-state index contributed by atoms with van der Waals surface area (Å²) in [6.07, 6.45) is 2.47. The van der Waals surface area contributed by atoms with Gasteiger partial charge in [-0.2, -0.15) is 0 Å². The lowest BCUT2D eigenvalue weighted by Gasteiger charge is -1.99. The number of rotatable bonds is 1. The number of hydrogen-bond acceptors (Lipinski definition) is 2. The van der Waals surface area contributed by atoms with Crippen LogP contribution in [-0.2, 0) is 0 Å². The van der Waals surface area contributed by atoms with E-state index in [9.17, 15) is 4.39 Å². The Kier molecular flexibility index (Phi) is 3.33. The molecule has 2 aromatic rings. The number of hydrogen-bond donors (Lipinski definition) is 0. The number of benzene rings is 1. The van der Waals surface area contributed by atoms with Crippen LogP contribution in [0.3, 0.4) is 0 Å². The number of aromatic nitrogens is 1. The van der Waals surface area contributed by atoms with E-state index in [4.69, 9.17) is 0 Å². The van der Waals surface area contributed by atoms with Gasteiger partial charge in [0.15, 0.2) is 0 Å². The molecule has 0 aliphatic rings.